The van der Waals surface area contributed by atoms with Gasteiger partial charge in [0.1, 0.15) is 23.6 Å². The summed E-state index contributed by atoms with van der Waals surface area (Å²) in [5, 5.41) is 30.0. The quantitative estimate of drug-likeness (QED) is 0.163. The molecule has 2 aromatic carbocycles. The smallest absolute Gasteiger partial charge is 0.331 e. The fourth-order valence-electron chi connectivity index (χ4n) is 3.39. The monoisotopic (exact) mass is 485 g/mol. The molecule has 0 unspecified atom stereocenters. The fourth-order valence-corrected chi connectivity index (χ4v) is 3.39. The minimum atomic E-state index is -1.30. The number of Topliss-reactive ketones (excluding diaryl/α,β-unsaturated/α-hetero) is 1. The zero-order valence-electron chi connectivity index (χ0n) is 18.3. The molecule has 0 aromatic heterocycles. The number of ketones is 1. The summed E-state index contributed by atoms with van der Waals surface area (Å²) in [6.07, 6.45) is 0.0837. The Morgan fingerprint density at radius 1 is 1.03 bits per heavy atom. The Morgan fingerprint density at radius 3 is 2.20 bits per heavy atom. The molecule has 0 radical (unpaired) electrons. The highest BCUT2D eigenvalue weighted by Crippen LogP contribution is 2.28. The molecule has 6 N–H and O–H groups in total. The third kappa shape index (κ3) is 5.92. The number of phenolic OH excluding ortho intramolecular Hbond substituents is 1. The predicted molar refractivity (Wildman–Crippen MR) is 119 cm³/mol. The van der Waals surface area contributed by atoms with Crippen molar-refractivity contribution < 1.29 is 44.0 Å². The number of phenols is 1. The van der Waals surface area contributed by atoms with Crippen LogP contribution in [0.4, 0.5) is 0 Å². The largest absolute Gasteiger partial charge is 0.508 e. The number of amides is 2. The molecule has 0 bridgehead atoms. The molecule has 1 saturated heterocycles. The molecule has 12 nitrogen and oxygen atoms in total. The molecule has 2 aromatic rings. The summed E-state index contributed by atoms with van der Waals surface area (Å²) in [5.41, 5.74) is 5.69. The first-order chi connectivity index (χ1) is 16.6. The summed E-state index contributed by atoms with van der Waals surface area (Å²) in [5.74, 6) is -4.72. The van der Waals surface area contributed by atoms with Crippen LogP contribution in [0.1, 0.15) is 28.4 Å². The molecule has 3 atom stereocenters. The zero-order valence-corrected chi connectivity index (χ0v) is 18.3. The predicted octanol–water partition coefficient (Wildman–Crippen LogP) is -0.0914. The molecule has 1 fully saturated rings. The van der Waals surface area contributed by atoms with Crippen LogP contribution in [0.2, 0.25) is 0 Å². The van der Waals surface area contributed by atoms with Crippen LogP contribution < -0.4 is 15.8 Å². The van der Waals surface area contributed by atoms with Crippen LogP contribution in [0.25, 0.3) is 0 Å². The molecule has 0 aliphatic carbocycles. The van der Waals surface area contributed by atoms with E-state index in [1.54, 1.807) is 0 Å². The lowest BCUT2D eigenvalue weighted by molar-refractivity contribution is -0.160. The zero-order chi connectivity index (χ0) is 25.7. The van der Waals surface area contributed by atoms with Gasteiger partial charge in [0.15, 0.2) is 6.04 Å². The van der Waals surface area contributed by atoms with Crippen LogP contribution in [-0.4, -0.2) is 75.0 Å². The number of carboxylic acid groups (broad SMARTS) is 2. The molecular formula is C23H23N3O9. The van der Waals surface area contributed by atoms with Gasteiger partial charge in [-0.3, -0.25) is 19.2 Å². The SMILES string of the molecule is N[C@H](CCOc1ccc(C(=O)C(=O)N[C@H]2CN([C@@H](C(=O)O)c3ccc(O)cc3)C2=O)cc1)C(=O)O. The maximum atomic E-state index is 12.5. The number of likely N-dealkylation sites (tertiary alicyclic amines) is 1. The van der Waals surface area contributed by atoms with Gasteiger partial charge in [-0.25, -0.2) is 4.79 Å². The Kier molecular flexibility index (Phi) is 7.66. The van der Waals surface area contributed by atoms with E-state index in [1.165, 1.54) is 48.5 Å². The fraction of sp³-hybridized carbons (Fsp3) is 0.261. The summed E-state index contributed by atoms with van der Waals surface area (Å²) in [6.45, 7) is -0.0655. The highest BCUT2D eigenvalue weighted by atomic mass is 16.5. The number of carboxylic acids is 2. The normalized spacial score (nSPS) is 16.5. The van der Waals surface area contributed by atoms with Gasteiger partial charge in [-0.2, -0.15) is 0 Å². The van der Waals surface area contributed by atoms with Crippen LogP contribution >= 0.6 is 0 Å². The van der Waals surface area contributed by atoms with Crippen molar-refractivity contribution in [2.75, 3.05) is 13.2 Å². The number of carbonyl (C=O) groups is 5. The van der Waals surface area contributed by atoms with Crippen molar-refractivity contribution in [1.82, 2.24) is 10.2 Å². The van der Waals surface area contributed by atoms with Crippen LogP contribution in [0, 0.1) is 0 Å². The van der Waals surface area contributed by atoms with Crippen molar-refractivity contribution in [3.63, 3.8) is 0 Å². The van der Waals surface area contributed by atoms with Crippen LogP contribution in [0.5, 0.6) is 11.5 Å². The van der Waals surface area contributed by atoms with E-state index in [9.17, 15) is 34.2 Å². The standard InChI is InChI=1S/C23H23N3O9/c24-16(22(31)32)9-10-35-15-7-3-13(4-8-15)19(28)20(29)25-17-11-26(21(17)30)18(23(33)34)12-1-5-14(27)6-2-12/h1-8,16-18,27H,9-11,24H2,(H,25,29)(H,31,32)(H,33,34)/t16-,17+,18-/m1/s1. The van der Waals surface area contributed by atoms with Crippen LogP contribution in [0.3, 0.4) is 0 Å². The van der Waals surface area contributed by atoms with Gasteiger partial charge in [-0.05, 0) is 42.0 Å². The summed E-state index contributed by atoms with van der Waals surface area (Å²) in [4.78, 5) is 60.7. The average molecular weight is 485 g/mol. The minimum Gasteiger partial charge on any atom is -0.508 e. The van der Waals surface area contributed by atoms with E-state index in [1.807, 2.05) is 0 Å². The number of benzene rings is 2. The lowest BCUT2D eigenvalue weighted by atomic mass is 9.98. The van der Waals surface area contributed by atoms with Gasteiger partial charge in [-0.1, -0.05) is 12.1 Å². The van der Waals surface area contributed by atoms with Gasteiger partial charge in [0.25, 0.3) is 5.91 Å². The maximum absolute atomic E-state index is 12.5. The van der Waals surface area contributed by atoms with E-state index in [2.05, 4.69) is 5.32 Å². The van der Waals surface area contributed by atoms with E-state index in [0.29, 0.717) is 5.75 Å². The lowest BCUT2D eigenvalue weighted by Gasteiger charge is -2.42. The molecule has 0 spiro atoms. The number of nitrogens with zero attached hydrogens (tertiary/aromatic N) is 1. The highest BCUT2D eigenvalue weighted by molar-refractivity contribution is 6.43. The van der Waals surface area contributed by atoms with Gasteiger partial charge in [0.05, 0.1) is 13.2 Å². The average Bonchev–Trinajstić information content (AvgIpc) is 2.83. The first-order valence-corrected chi connectivity index (χ1v) is 10.5. The number of nitrogens with two attached hydrogens (primary N) is 1. The maximum Gasteiger partial charge on any atom is 0.331 e. The number of carbonyl (C=O) groups excluding carboxylic acids is 3. The number of ether oxygens (including phenoxy) is 1. The number of aromatic hydroxyl groups is 1. The van der Waals surface area contributed by atoms with Gasteiger partial charge in [0.2, 0.25) is 11.7 Å². The molecule has 3 rings (SSSR count). The molecule has 1 aliphatic heterocycles. The lowest BCUT2D eigenvalue weighted by Crippen LogP contribution is -2.66. The van der Waals surface area contributed by atoms with E-state index in [4.69, 9.17) is 15.6 Å². The van der Waals surface area contributed by atoms with Crippen molar-refractivity contribution in [3.8, 4) is 11.5 Å². The summed E-state index contributed by atoms with van der Waals surface area (Å²) >= 11 is 0. The second kappa shape index (κ2) is 10.7. The Hall–Kier alpha value is -4.45. The van der Waals surface area contributed by atoms with Crippen molar-refractivity contribution in [2.24, 2.45) is 5.73 Å². The van der Waals surface area contributed by atoms with E-state index < -0.39 is 47.7 Å². The summed E-state index contributed by atoms with van der Waals surface area (Å²) < 4.78 is 5.36. The Morgan fingerprint density at radius 2 is 1.66 bits per heavy atom. The van der Waals surface area contributed by atoms with Crippen LogP contribution in [-0.2, 0) is 19.2 Å². The molecule has 1 heterocycles. The van der Waals surface area contributed by atoms with Crippen molar-refractivity contribution >= 4 is 29.5 Å². The minimum absolute atomic E-state index is 0.0354. The number of aliphatic carboxylic acids is 2. The first kappa shape index (κ1) is 25.2. The first-order valence-electron chi connectivity index (χ1n) is 10.5. The van der Waals surface area contributed by atoms with Crippen LogP contribution in [0.15, 0.2) is 48.5 Å². The van der Waals surface area contributed by atoms with E-state index >= 15 is 0 Å². The number of hydrogen-bond donors (Lipinski definition) is 5. The van der Waals surface area contributed by atoms with Gasteiger partial charge in [-0.15, -0.1) is 0 Å². The third-order valence-electron chi connectivity index (χ3n) is 5.36. The third-order valence-corrected chi connectivity index (χ3v) is 5.36. The van der Waals surface area contributed by atoms with Crippen molar-refractivity contribution in [2.45, 2.75) is 24.5 Å². The van der Waals surface area contributed by atoms with E-state index in [-0.39, 0.29) is 36.4 Å². The Balaban J connectivity index is 1.54. The summed E-state index contributed by atoms with van der Waals surface area (Å²) in [6, 6.07) is 7.49. The van der Waals surface area contributed by atoms with Gasteiger partial charge >= 0.3 is 11.9 Å². The molecule has 184 valence electrons. The Bertz CT molecular complexity index is 1130. The van der Waals surface area contributed by atoms with Crippen molar-refractivity contribution in [3.05, 3.63) is 59.7 Å². The van der Waals surface area contributed by atoms with Gasteiger partial charge < -0.3 is 36.0 Å². The molecule has 12 heteroatoms. The number of nitrogens with one attached hydrogen (secondary N) is 1. The second-order valence-electron chi connectivity index (χ2n) is 7.78. The topological polar surface area (TPSA) is 197 Å². The second-order valence-corrected chi connectivity index (χ2v) is 7.78. The Labute approximate surface area is 198 Å². The molecule has 1 aliphatic rings. The molecule has 2 amide bonds. The van der Waals surface area contributed by atoms with Crippen molar-refractivity contribution in [1.29, 1.82) is 0 Å². The number of rotatable bonds is 11. The summed E-state index contributed by atoms with van der Waals surface area (Å²) in [7, 11) is 0. The molecular weight excluding hydrogens is 462 g/mol. The van der Waals surface area contributed by atoms with E-state index in [0.717, 1.165) is 4.90 Å². The molecule has 35 heavy (non-hydrogen) atoms. The number of hydrogen-bond acceptors (Lipinski definition) is 8. The molecule has 0 saturated carbocycles. The van der Waals surface area contributed by atoms with Gasteiger partial charge in [0, 0.05) is 12.0 Å². The highest BCUT2D eigenvalue weighted by Gasteiger charge is 2.45. The number of β-lactam (4-membered cyclic amide) rings is 1.